The first-order valence-corrected chi connectivity index (χ1v) is 8.98. The first-order chi connectivity index (χ1) is 12.0. The van der Waals surface area contributed by atoms with Gasteiger partial charge in [0.15, 0.2) is 6.10 Å². The summed E-state index contributed by atoms with van der Waals surface area (Å²) in [5.74, 6) is 0.473. The summed E-state index contributed by atoms with van der Waals surface area (Å²) in [6, 6.07) is 7.67. The van der Waals surface area contributed by atoms with Crippen molar-refractivity contribution in [2.24, 2.45) is 5.92 Å². The van der Waals surface area contributed by atoms with E-state index in [1.54, 1.807) is 13.0 Å². The van der Waals surface area contributed by atoms with Crippen molar-refractivity contribution < 1.29 is 19.1 Å². The smallest absolute Gasteiger partial charge is 0.338 e. The minimum atomic E-state index is -0.820. The number of carbonyl (C=O) groups is 2. The highest BCUT2D eigenvalue weighted by atomic mass is 16.6. The number of carbonyl (C=O) groups excluding carboxylic acids is 2. The summed E-state index contributed by atoms with van der Waals surface area (Å²) in [4.78, 5) is 24.7. The quantitative estimate of drug-likeness (QED) is 0.853. The van der Waals surface area contributed by atoms with Gasteiger partial charge < -0.3 is 14.8 Å². The third-order valence-corrected chi connectivity index (χ3v) is 4.99. The molecule has 0 radical (unpaired) electrons. The molecule has 1 aromatic carbocycles. The van der Waals surface area contributed by atoms with Crippen LogP contribution < -0.4 is 10.1 Å². The number of benzene rings is 1. The molecule has 1 saturated carbocycles. The lowest BCUT2D eigenvalue weighted by Gasteiger charge is -2.30. The zero-order valence-electron chi connectivity index (χ0n) is 14.8. The summed E-state index contributed by atoms with van der Waals surface area (Å²) in [5.41, 5.74) is 1.26. The molecular formula is C20H25NO4. The van der Waals surface area contributed by atoms with Crippen molar-refractivity contribution in [3.8, 4) is 5.75 Å². The van der Waals surface area contributed by atoms with Crippen LogP contribution in [0, 0.1) is 5.92 Å². The third-order valence-electron chi connectivity index (χ3n) is 4.99. The van der Waals surface area contributed by atoms with Gasteiger partial charge in [-0.1, -0.05) is 38.0 Å². The van der Waals surface area contributed by atoms with E-state index in [2.05, 4.69) is 12.2 Å². The van der Waals surface area contributed by atoms with E-state index in [0.717, 1.165) is 30.6 Å². The molecule has 134 valence electrons. The fraction of sp³-hybridized carbons (Fsp3) is 0.500. The maximum atomic E-state index is 12.3. The van der Waals surface area contributed by atoms with E-state index in [1.165, 1.54) is 6.42 Å². The number of rotatable bonds is 4. The molecule has 3 rings (SSSR count). The van der Waals surface area contributed by atoms with Gasteiger partial charge in [0.25, 0.3) is 5.91 Å². The summed E-state index contributed by atoms with van der Waals surface area (Å²) in [7, 11) is 0. The molecule has 5 heteroatoms. The van der Waals surface area contributed by atoms with Crippen LogP contribution in [0.15, 0.2) is 29.8 Å². The molecule has 1 aliphatic heterocycles. The Kier molecular flexibility index (Phi) is 5.41. The van der Waals surface area contributed by atoms with Gasteiger partial charge >= 0.3 is 5.97 Å². The predicted molar refractivity (Wildman–Crippen MR) is 95.0 cm³/mol. The molecule has 0 unspecified atom stereocenters. The second-order valence-electron chi connectivity index (χ2n) is 6.92. The van der Waals surface area contributed by atoms with Crippen LogP contribution in [-0.2, 0) is 14.3 Å². The Bertz CT molecular complexity index is 682. The lowest BCUT2D eigenvalue weighted by Crippen LogP contribution is -2.46. The van der Waals surface area contributed by atoms with Gasteiger partial charge in [0, 0.05) is 11.6 Å². The molecule has 1 N–H and O–H groups in total. The van der Waals surface area contributed by atoms with Gasteiger partial charge in [-0.15, -0.1) is 0 Å². The molecule has 0 spiro atoms. The lowest BCUT2D eigenvalue weighted by molar-refractivity contribution is -0.151. The second kappa shape index (κ2) is 7.72. The van der Waals surface area contributed by atoms with Gasteiger partial charge in [-0.2, -0.15) is 0 Å². The Morgan fingerprint density at radius 1 is 1.24 bits per heavy atom. The number of para-hydroxylation sites is 1. The van der Waals surface area contributed by atoms with Crippen molar-refractivity contribution in [1.29, 1.82) is 0 Å². The van der Waals surface area contributed by atoms with Crippen LogP contribution in [0.2, 0.25) is 0 Å². The Morgan fingerprint density at radius 3 is 2.80 bits per heavy atom. The van der Waals surface area contributed by atoms with Crippen molar-refractivity contribution in [1.82, 2.24) is 5.32 Å². The molecule has 0 aromatic heterocycles. The van der Waals surface area contributed by atoms with Crippen LogP contribution in [0.5, 0.6) is 5.75 Å². The van der Waals surface area contributed by atoms with Gasteiger partial charge in [0.1, 0.15) is 12.4 Å². The van der Waals surface area contributed by atoms with Crippen LogP contribution >= 0.6 is 0 Å². The molecular weight excluding hydrogens is 318 g/mol. The fourth-order valence-electron chi connectivity index (χ4n) is 3.35. The SMILES string of the molecule is C[C@@H]1CCCC[C@@H]1NC(=O)[C@@H](C)OC(=O)C1=Cc2ccccc2OC1. The van der Waals surface area contributed by atoms with Crippen molar-refractivity contribution in [2.45, 2.75) is 51.7 Å². The number of hydrogen-bond acceptors (Lipinski definition) is 4. The summed E-state index contributed by atoms with van der Waals surface area (Å²) < 4.78 is 10.9. The standard InChI is InChI=1S/C20H25NO4/c1-13-7-3-5-9-17(13)21-19(22)14(2)25-20(23)16-11-15-8-4-6-10-18(15)24-12-16/h4,6,8,10-11,13-14,17H,3,5,7,9,12H2,1-2H3,(H,21,22)/t13-,14-,17+/m1/s1. The molecule has 1 aromatic rings. The fourth-order valence-corrected chi connectivity index (χ4v) is 3.35. The number of hydrogen-bond donors (Lipinski definition) is 1. The number of nitrogens with one attached hydrogen (secondary N) is 1. The Labute approximate surface area is 148 Å². The minimum Gasteiger partial charge on any atom is -0.488 e. The summed E-state index contributed by atoms with van der Waals surface area (Å²) >= 11 is 0. The number of ether oxygens (including phenoxy) is 2. The van der Waals surface area contributed by atoms with E-state index in [9.17, 15) is 9.59 Å². The molecule has 1 amide bonds. The normalized spacial score (nSPS) is 23.5. The maximum Gasteiger partial charge on any atom is 0.338 e. The van der Waals surface area contributed by atoms with Crippen molar-refractivity contribution in [3.63, 3.8) is 0 Å². The number of amides is 1. The Balaban J connectivity index is 1.57. The van der Waals surface area contributed by atoms with Gasteiger partial charge in [0.05, 0.1) is 5.57 Å². The highest BCUT2D eigenvalue weighted by molar-refractivity contribution is 5.96. The molecule has 5 nitrogen and oxygen atoms in total. The second-order valence-corrected chi connectivity index (χ2v) is 6.92. The maximum absolute atomic E-state index is 12.3. The van der Waals surface area contributed by atoms with Crippen LogP contribution in [0.1, 0.15) is 45.1 Å². The van der Waals surface area contributed by atoms with Gasteiger partial charge in [-0.3, -0.25) is 4.79 Å². The molecule has 3 atom stereocenters. The van der Waals surface area contributed by atoms with E-state index in [4.69, 9.17) is 9.47 Å². The van der Waals surface area contributed by atoms with Gasteiger partial charge in [-0.25, -0.2) is 4.79 Å². The monoisotopic (exact) mass is 343 g/mol. The van der Waals surface area contributed by atoms with Crippen molar-refractivity contribution >= 4 is 18.0 Å². The first kappa shape index (κ1) is 17.5. The highest BCUT2D eigenvalue weighted by Gasteiger charge is 2.27. The van der Waals surface area contributed by atoms with E-state index in [-0.39, 0.29) is 18.6 Å². The number of fused-ring (bicyclic) bond motifs is 1. The zero-order chi connectivity index (χ0) is 17.8. The topological polar surface area (TPSA) is 64.6 Å². The summed E-state index contributed by atoms with van der Waals surface area (Å²) in [5, 5.41) is 3.03. The average Bonchev–Trinajstić information content (AvgIpc) is 2.63. The Hall–Kier alpha value is -2.30. The van der Waals surface area contributed by atoms with Crippen LogP contribution in [0.4, 0.5) is 0 Å². The molecule has 2 aliphatic rings. The summed E-state index contributed by atoms with van der Waals surface area (Å²) in [6.45, 7) is 3.92. The van der Waals surface area contributed by atoms with Crippen molar-refractivity contribution in [2.75, 3.05) is 6.61 Å². The third kappa shape index (κ3) is 4.21. The largest absolute Gasteiger partial charge is 0.488 e. The average molecular weight is 343 g/mol. The predicted octanol–water partition coefficient (Wildman–Crippen LogP) is 3.09. The lowest BCUT2D eigenvalue weighted by atomic mass is 9.86. The molecule has 25 heavy (non-hydrogen) atoms. The van der Waals surface area contributed by atoms with E-state index >= 15 is 0 Å². The highest BCUT2D eigenvalue weighted by Crippen LogP contribution is 2.26. The van der Waals surface area contributed by atoms with E-state index < -0.39 is 12.1 Å². The van der Waals surface area contributed by atoms with Crippen LogP contribution in [-0.4, -0.2) is 30.6 Å². The van der Waals surface area contributed by atoms with Gasteiger partial charge in [-0.05, 0) is 37.8 Å². The van der Waals surface area contributed by atoms with Crippen molar-refractivity contribution in [3.05, 3.63) is 35.4 Å². The Morgan fingerprint density at radius 2 is 2.00 bits per heavy atom. The molecule has 1 heterocycles. The molecule has 0 bridgehead atoms. The van der Waals surface area contributed by atoms with E-state index in [1.807, 2.05) is 24.3 Å². The number of esters is 1. The van der Waals surface area contributed by atoms with E-state index in [0.29, 0.717) is 11.5 Å². The minimum absolute atomic E-state index is 0.157. The molecule has 1 fully saturated rings. The summed E-state index contributed by atoms with van der Waals surface area (Å²) in [6.07, 6.45) is 5.40. The first-order valence-electron chi connectivity index (χ1n) is 8.98. The molecule has 0 saturated heterocycles. The molecule has 1 aliphatic carbocycles. The van der Waals surface area contributed by atoms with Crippen LogP contribution in [0.25, 0.3) is 6.08 Å². The zero-order valence-corrected chi connectivity index (χ0v) is 14.8. The van der Waals surface area contributed by atoms with Gasteiger partial charge in [0.2, 0.25) is 0 Å². The van der Waals surface area contributed by atoms with Crippen LogP contribution in [0.3, 0.4) is 0 Å².